The second kappa shape index (κ2) is 5.92. The number of nitrogens with zero attached hydrogens (tertiary/aromatic N) is 1. The number of nitrogens with two attached hydrogens (primary N) is 1. The Balaban J connectivity index is 2.22. The van der Waals surface area contributed by atoms with Gasteiger partial charge in [0.1, 0.15) is 11.7 Å². The number of anilines is 1. The first-order valence-electron chi connectivity index (χ1n) is 6.07. The van der Waals surface area contributed by atoms with E-state index in [1.807, 2.05) is 18.0 Å². The number of halogens is 2. The van der Waals surface area contributed by atoms with Crippen LogP contribution in [0.4, 0.5) is 10.1 Å². The summed E-state index contributed by atoms with van der Waals surface area (Å²) in [6.45, 7) is 0.433. The minimum Gasteiger partial charge on any atom is -0.384 e. The Morgan fingerprint density at radius 3 is 2.60 bits per heavy atom. The van der Waals surface area contributed by atoms with Crippen molar-refractivity contribution in [3.8, 4) is 0 Å². The van der Waals surface area contributed by atoms with Gasteiger partial charge in [0.25, 0.3) is 0 Å². The smallest absolute Gasteiger partial charge is 0.128 e. The van der Waals surface area contributed by atoms with Gasteiger partial charge in [0.2, 0.25) is 0 Å². The minimum atomic E-state index is -0.231. The molecule has 0 bridgehead atoms. The normalized spacial score (nSPS) is 10.3. The quantitative estimate of drug-likeness (QED) is 0.670. The van der Waals surface area contributed by atoms with E-state index in [1.54, 1.807) is 30.3 Å². The fourth-order valence-corrected chi connectivity index (χ4v) is 2.21. The number of rotatable bonds is 4. The van der Waals surface area contributed by atoms with E-state index in [0.29, 0.717) is 22.7 Å². The average Bonchev–Trinajstić information content (AvgIpc) is 2.40. The molecule has 5 heteroatoms. The van der Waals surface area contributed by atoms with Crippen molar-refractivity contribution in [2.24, 2.45) is 5.73 Å². The molecule has 3 N–H and O–H groups in total. The summed E-state index contributed by atoms with van der Waals surface area (Å²) in [5.74, 6) is -0.302. The first kappa shape index (κ1) is 14.3. The van der Waals surface area contributed by atoms with Crippen molar-refractivity contribution in [1.82, 2.24) is 0 Å². The van der Waals surface area contributed by atoms with Gasteiger partial charge >= 0.3 is 0 Å². The zero-order valence-corrected chi connectivity index (χ0v) is 11.8. The van der Waals surface area contributed by atoms with Crippen molar-refractivity contribution >= 4 is 23.1 Å². The van der Waals surface area contributed by atoms with E-state index in [9.17, 15) is 4.39 Å². The number of benzene rings is 2. The molecule has 2 aromatic rings. The fraction of sp³-hybridized carbons (Fsp3) is 0.133. The minimum absolute atomic E-state index is 0.0710. The Bertz CT molecular complexity index is 643. The largest absolute Gasteiger partial charge is 0.384 e. The van der Waals surface area contributed by atoms with Crippen LogP contribution in [0.2, 0.25) is 5.02 Å². The van der Waals surface area contributed by atoms with Crippen molar-refractivity contribution in [1.29, 1.82) is 5.41 Å². The average molecular weight is 292 g/mol. The van der Waals surface area contributed by atoms with Crippen LogP contribution in [0.25, 0.3) is 0 Å². The van der Waals surface area contributed by atoms with Crippen LogP contribution in [-0.4, -0.2) is 12.9 Å². The molecule has 0 unspecified atom stereocenters. The molecule has 2 aromatic carbocycles. The molecule has 0 heterocycles. The van der Waals surface area contributed by atoms with Crippen LogP contribution in [0.3, 0.4) is 0 Å². The van der Waals surface area contributed by atoms with Crippen LogP contribution >= 0.6 is 11.6 Å². The van der Waals surface area contributed by atoms with Gasteiger partial charge < -0.3 is 10.6 Å². The zero-order chi connectivity index (χ0) is 14.7. The van der Waals surface area contributed by atoms with Crippen molar-refractivity contribution in [2.75, 3.05) is 11.9 Å². The van der Waals surface area contributed by atoms with E-state index in [4.69, 9.17) is 22.7 Å². The van der Waals surface area contributed by atoms with Gasteiger partial charge in [-0.05, 0) is 24.3 Å². The van der Waals surface area contributed by atoms with Gasteiger partial charge in [-0.15, -0.1) is 0 Å². The first-order chi connectivity index (χ1) is 9.49. The second-order valence-electron chi connectivity index (χ2n) is 4.53. The summed E-state index contributed by atoms with van der Waals surface area (Å²) < 4.78 is 13.6. The standard InChI is InChI=1S/C15H15ClFN3/c1-20(9-10-4-2-3-5-14(10)17)11-6-7-12(15(18)19)13(16)8-11/h2-8H,9H2,1H3,(H3,18,19). The molecule has 0 atom stereocenters. The van der Waals surface area contributed by atoms with Crippen molar-refractivity contribution in [2.45, 2.75) is 6.54 Å². The van der Waals surface area contributed by atoms with Gasteiger partial charge in [0.05, 0.1) is 5.02 Å². The summed E-state index contributed by atoms with van der Waals surface area (Å²) >= 11 is 6.08. The monoisotopic (exact) mass is 291 g/mol. The van der Waals surface area contributed by atoms with Crippen molar-refractivity contribution in [3.05, 3.63) is 64.4 Å². The van der Waals surface area contributed by atoms with Crippen molar-refractivity contribution in [3.63, 3.8) is 0 Å². The summed E-state index contributed by atoms with van der Waals surface area (Å²) in [6, 6.07) is 11.9. The van der Waals surface area contributed by atoms with E-state index in [-0.39, 0.29) is 11.7 Å². The fourth-order valence-electron chi connectivity index (χ4n) is 1.93. The molecule has 0 saturated heterocycles. The van der Waals surface area contributed by atoms with Crippen LogP contribution in [0, 0.1) is 11.2 Å². The highest BCUT2D eigenvalue weighted by molar-refractivity contribution is 6.34. The van der Waals surface area contributed by atoms with Crippen LogP contribution in [-0.2, 0) is 6.54 Å². The Morgan fingerprint density at radius 1 is 1.30 bits per heavy atom. The second-order valence-corrected chi connectivity index (χ2v) is 4.93. The van der Waals surface area contributed by atoms with Crippen molar-refractivity contribution < 1.29 is 4.39 Å². The van der Waals surface area contributed by atoms with Gasteiger partial charge in [0, 0.05) is 30.4 Å². The summed E-state index contributed by atoms with van der Waals surface area (Å²) in [5.41, 5.74) is 7.36. The lowest BCUT2D eigenvalue weighted by Gasteiger charge is -2.20. The molecule has 0 radical (unpaired) electrons. The molecule has 0 saturated carbocycles. The molecule has 0 amide bonds. The summed E-state index contributed by atoms with van der Waals surface area (Å²) in [7, 11) is 1.85. The summed E-state index contributed by atoms with van der Waals surface area (Å²) in [6.07, 6.45) is 0. The lowest BCUT2D eigenvalue weighted by molar-refractivity contribution is 0.608. The Hall–Kier alpha value is -2.07. The molecule has 0 aliphatic carbocycles. The topological polar surface area (TPSA) is 53.1 Å². The lowest BCUT2D eigenvalue weighted by atomic mass is 10.1. The van der Waals surface area contributed by atoms with E-state index in [1.165, 1.54) is 6.07 Å². The van der Waals surface area contributed by atoms with E-state index >= 15 is 0 Å². The third-order valence-corrected chi connectivity index (χ3v) is 3.36. The molecular weight excluding hydrogens is 277 g/mol. The molecule has 2 rings (SSSR count). The van der Waals surface area contributed by atoms with Gasteiger partial charge in [-0.2, -0.15) is 0 Å². The number of amidine groups is 1. The van der Waals surface area contributed by atoms with Gasteiger partial charge in [-0.3, -0.25) is 5.41 Å². The predicted molar refractivity (Wildman–Crippen MR) is 81.0 cm³/mol. The molecule has 0 aromatic heterocycles. The van der Waals surface area contributed by atoms with Crippen LogP contribution in [0.15, 0.2) is 42.5 Å². The molecule has 0 aliphatic rings. The predicted octanol–water partition coefficient (Wildman–Crippen LogP) is 3.40. The maximum atomic E-state index is 13.6. The SMILES string of the molecule is CN(Cc1ccccc1F)c1ccc(C(=N)N)c(Cl)c1. The first-order valence-corrected chi connectivity index (χ1v) is 6.45. The van der Waals surface area contributed by atoms with Gasteiger partial charge in [-0.1, -0.05) is 29.8 Å². The Morgan fingerprint density at radius 2 is 2.00 bits per heavy atom. The third kappa shape index (κ3) is 3.08. The van der Waals surface area contributed by atoms with E-state index < -0.39 is 0 Å². The lowest BCUT2D eigenvalue weighted by Crippen LogP contribution is -2.18. The molecule has 3 nitrogen and oxygen atoms in total. The van der Waals surface area contributed by atoms with Crippen LogP contribution in [0.1, 0.15) is 11.1 Å². The van der Waals surface area contributed by atoms with Crippen LogP contribution < -0.4 is 10.6 Å². The molecule has 0 spiro atoms. The summed E-state index contributed by atoms with van der Waals surface area (Å²) in [5, 5.41) is 7.80. The summed E-state index contributed by atoms with van der Waals surface area (Å²) in [4.78, 5) is 1.88. The molecule has 0 aliphatic heterocycles. The third-order valence-electron chi connectivity index (χ3n) is 3.05. The van der Waals surface area contributed by atoms with Gasteiger partial charge in [0.15, 0.2) is 0 Å². The van der Waals surface area contributed by atoms with Gasteiger partial charge in [-0.25, -0.2) is 4.39 Å². The highest BCUT2D eigenvalue weighted by atomic mass is 35.5. The maximum Gasteiger partial charge on any atom is 0.128 e. The molecule has 20 heavy (non-hydrogen) atoms. The number of hydrogen-bond donors (Lipinski definition) is 2. The highest BCUT2D eigenvalue weighted by Gasteiger charge is 2.09. The number of nitrogen functional groups attached to an aromatic ring is 1. The van der Waals surface area contributed by atoms with E-state index in [2.05, 4.69) is 0 Å². The number of nitrogens with one attached hydrogen (secondary N) is 1. The Labute approximate surface area is 122 Å². The maximum absolute atomic E-state index is 13.6. The molecule has 104 valence electrons. The Kier molecular flexibility index (Phi) is 4.25. The molecule has 0 fully saturated rings. The van der Waals surface area contributed by atoms with Crippen LogP contribution in [0.5, 0.6) is 0 Å². The number of hydrogen-bond acceptors (Lipinski definition) is 2. The van der Waals surface area contributed by atoms with E-state index in [0.717, 1.165) is 5.69 Å². The highest BCUT2D eigenvalue weighted by Crippen LogP contribution is 2.24. The zero-order valence-electron chi connectivity index (χ0n) is 11.0. The molecular formula is C15H15ClFN3.